The number of hydroxylamine groups is 1. The van der Waals surface area contributed by atoms with Crippen molar-refractivity contribution in [2.45, 2.75) is 12.8 Å². The highest BCUT2D eigenvalue weighted by Gasteiger charge is 2.24. The summed E-state index contributed by atoms with van der Waals surface area (Å²) in [5.74, 6) is -2.70. The smallest absolute Gasteiger partial charge is 0.277 e. The van der Waals surface area contributed by atoms with E-state index in [2.05, 4.69) is 33.4 Å². The van der Waals surface area contributed by atoms with Crippen molar-refractivity contribution < 1.29 is 18.4 Å². The van der Waals surface area contributed by atoms with Gasteiger partial charge < -0.3 is 5.32 Å². The van der Waals surface area contributed by atoms with Crippen LogP contribution < -0.4 is 10.8 Å². The molecule has 0 bridgehead atoms. The summed E-state index contributed by atoms with van der Waals surface area (Å²) in [7, 11) is 0. The van der Waals surface area contributed by atoms with E-state index in [1.54, 1.807) is 24.3 Å². The summed E-state index contributed by atoms with van der Waals surface area (Å²) in [4.78, 5) is 17.4. The molecule has 1 aliphatic rings. The summed E-state index contributed by atoms with van der Waals surface area (Å²) in [6.45, 7) is 0.392. The molecule has 2 N–H and O–H groups in total. The van der Waals surface area contributed by atoms with Gasteiger partial charge in [0.2, 0.25) is 0 Å². The quantitative estimate of drug-likeness (QED) is 0.348. The van der Waals surface area contributed by atoms with Gasteiger partial charge in [-0.25, -0.2) is 14.3 Å². The van der Waals surface area contributed by atoms with E-state index in [1.807, 2.05) is 0 Å². The zero-order chi connectivity index (χ0) is 18.0. The van der Waals surface area contributed by atoms with E-state index in [0.29, 0.717) is 18.2 Å². The maximum Gasteiger partial charge on any atom is 0.277 e. The van der Waals surface area contributed by atoms with Crippen LogP contribution in [0.25, 0.3) is 0 Å². The van der Waals surface area contributed by atoms with Crippen LogP contribution in [0, 0.1) is 21.1 Å². The highest BCUT2D eigenvalue weighted by Crippen LogP contribution is 2.32. The first-order chi connectivity index (χ1) is 12.0. The lowest BCUT2D eigenvalue weighted by Crippen LogP contribution is -2.26. The first kappa shape index (κ1) is 18.3. The zero-order valence-corrected chi connectivity index (χ0v) is 15.8. The molecular weight excluding hydrogens is 465 g/mol. The molecule has 2 aromatic rings. The number of carbonyl (C=O) groups excluding carboxylic acids is 1. The van der Waals surface area contributed by atoms with E-state index in [1.165, 1.54) is 0 Å². The Kier molecular flexibility index (Phi) is 5.75. The third-order valence-electron chi connectivity index (χ3n) is 3.70. The van der Waals surface area contributed by atoms with Gasteiger partial charge in [0, 0.05) is 9.26 Å². The van der Waals surface area contributed by atoms with Gasteiger partial charge in [-0.15, -0.1) is 0 Å². The number of rotatable bonds is 6. The fourth-order valence-corrected chi connectivity index (χ4v) is 2.69. The summed E-state index contributed by atoms with van der Waals surface area (Å²) in [6.07, 6.45) is 2.12. The highest BCUT2D eigenvalue weighted by molar-refractivity contribution is 14.1. The van der Waals surface area contributed by atoms with Crippen molar-refractivity contribution >= 4 is 51.5 Å². The third-order valence-corrected chi connectivity index (χ3v) is 4.70. The van der Waals surface area contributed by atoms with Crippen molar-refractivity contribution in [2.24, 2.45) is 5.92 Å². The molecule has 1 aliphatic carbocycles. The average Bonchev–Trinajstić information content (AvgIpc) is 3.41. The monoisotopic (exact) mass is 478 g/mol. The van der Waals surface area contributed by atoms with Gasteiger partial charge in [0.05, 0.1) is 22.9 Å². The van der Waals surface area contributed by atoms with Gasteiger partial charge in [-0.1, -0.05) is 11.6 Å². The van der Waals surface area contributed by atoms with E-state index in [4.69, 9.17) is 16.4 Å². The molecule has 0 saturated heterocycles. The Hall–Kier alpha value is -1.45. The van der Waals surface area contributed by atoms with E-state index >= 15 is 0 Å². The molecular formula is C17H14ClF2IN2O2. The van der Waals surface area contributed by atoms with E-state index in [9.17, 15) is 13.6 Å². The molecule has 8 heteroatoms. The molecule has 0 heterocycles. The Balaban J connectivity index is 1.86. The number of benzene rings is 2. The van der Waals surface area contributed by atoms with Gasteiger partial charge >= 0.3 is 0 Å². The van der Waals surface area contributed by atoms with E-state index < -0.39 is 22.6 Å². The van der Waals surface area contributed by atoms with Crippen LogP contribution in [0.15, 0.2) is 30.3 Å². The van der Waals surface area contributed by atoms with Crippen LogP contribution in [-0.2, 0) is 4.84 Å². The molecule has 1 fully saturated rings. The first-order valence-electron chi connectivity index (χ1n) is 7.58. The van der Waals surface area contributed by atoms with Crippen LogP contribution in [-0.4, -0.2) is 12.5 Å². The molecule has 0 aromatic heterocycles. The van der Waals surface area contributed by atoms with Crippen molar-refractivity contribution in [3.8, 4) is 0 Å². The standard InChI is InChI=1S/C17H14ClF2IN2O2/c18-13-7-12(17(24)23-25-8-9-1-2-9)16(15(20)14(13)19)22-11-5-3-10(21)4-6-11/h3-7,9,22H,1-2,8H2,(H,23,24). The SMILES string of the molecule is O=C(NOCC1CC1)c1cc(Cl)c(F)c(F)c1Nc1ccc(I)cc1. The average molecular weight is 479 g/mol. The Morgan fingerprint density at radius 2 is 1.92 bits per heavy atom. The molecule has 4 nitrogen and oxygen atoms in total. The summed E-state index contributed by atoms with van der Waals surface area (Å²) in [5.41, 5.74) is 2.32. The molecule has 1 saturated carbocycles. The molecule has 0 spiro atoms. The van der Waals surface area contributed by atoms with E-state index in [0.717, 1.165) is 22.5 Å². The fraction of sp³-hybridized carbons (Fsp3) is 0.235. The second-order valence-electron chi connectivity index (χ2n) is 5.73. The number of amides is 1. The molecule has 25 heavy (non-hydrogen) atoms. The first-order valence-corrected chi connectivity index (χ1v) is 9.03. The van der Waals surface area contributed by atoms with Gasteiger partial charge in [0.1, 0.15) is 0 Å². The number of hydrogen-bond acceptors (Lipinski definition) is 3. The van der Waals surface area contributed by atoms with Crippen LogP contribution in [0.5, 0.6) is 0 Å². The molecule has 0 aliphatic heterocycles. The van der Waals surface area contributed by atoms with Gasteiger partial charge in [-0.05, 0) is 71.7 Å². The number of carbonyl (C=O) groups is 1. The molecule has 2 aromatic carbocycles. The van der Waals surface area contributed by atoms with Crippen LogP contribution in [0.3, 0.4) is 0 Å². The lowest BCUT2D eigenvalue weighted by atomic mass is 10.1. The topological polar surface area (TPSA) is 50.4 Å². The number of hydrogen-bond donors (Lipinski definition) is 2. The van der Waals surface area contributed by atoms with Gasteiger partial charge in [0.15, 0.2) is 11.6 Å². The number of halogens is 4. The minimum absolute atomic E-state index is 0.141. The van der Waals surface area contributed by atoms with Crippen molar-refractivity contribution in [2.75, 3.05) is 11.9 Å². The van der Waals surface area contributed by atoms with Crippen LogP contribution in [0.1, 0.15) is 23.2 Å². The van der Waals surface area contributed by atoms with Crippen molar-refractivity contribution in [3.05, 3.63) is 56.1 Å². The summed E-state index contributed by atoms with van der Waals surface area (Å²) in [5, 5.41) is 2.26. The van der Waals surface area contributed by atoms with Crippen molar-refractivity contribution in [1.29, 1.82) is 0 Å². The minimum Gasteiger partial charge on any atom is -0.352 e. The van der Waals surface area contributed by atoms with Crippen LogP contribution >= 0.6 is 34.2 Å². The molecule has 3 rings (SSSR count). The van der Waals surface area contributed by atoms with Crippen molar-refractivity contribution in [1.82, 2.24) is 5.48 Å². The van der Waals surface area contributed by atoms with Crippen LogP contribution in [0.4, 0.5) is 20.2 Å². The fourth-order valence-electron chi connectivity index (χ4n) is 2.14. The predicted octanol–water partition coefficient (Wildman–Crippen LogP) is 5.04. The lowest BCUT2D eigenvalue weighted by molar-refractivity contribution is 0.0270. The third kappa shape index (κ3) is 4.59. The van der Waals surface area contributed by atoms with E-state index in [-0.39, 0.29) is 11.3 Å². The summed E-state index contributed by atoms with van der Waals surface area (Å²) < 4.78 is 29.2. The summed E-state index contributed by atoms with van der Waals surface area (Å²) >= 11 is 7.82. The van der Waals surface area contributed by atoms with Gasteiger partial charge in [-0.2, -0.15) is 0 Å². The maximum atomic E-state index is 14.4. The molecule has 0 unspecified atom stereocenters. The maximum absolute atomic E-state index is 14.4. The Bertz CT molecular complexity index is 798. The number of anilines is 2. The van der Waals surface area contributed by atoms with Gasteiger partial charge in [0.25, 0.3) is 5.91 Å². The van der Waals surface area contributed by atoms with Gasteiger partial charge in [-0.3, -0.25) is 9.63 Å². The zero-order valence-electron chi connectivity index (χ0n) is 12.9. The lowest BCUT2D eigenvalue weighted by Gasteiger charge is -2.14. The Morgan fingerprint density at radius 1 is 1.24 bits per heavy atom. The minimum atomic E-state index is -1.22. The highest BCUT2D eigenvalue weighted by atomic mass is 127. The predicted molar refractivity (Wildman–Crippen MR) is 100.0 cm³/mol. The van der Waals surface area contributed by atoms with Crippen LogP contribution in [0.2, 0.25) is 5.02 Å². The molecule has 0 radical (unpaired) electrons. The largest absolute Gasteiger partial charge is 0.352 e. The van der Waals surface area contributed by atoms with Crippen molar-refractivity contribution in [3.63, 3.8) is 0 Å². The summed E-state index contributed by atoms with van der Waals surface area (Å²) in [6, 6.07) is 8.06. The normalized spacial score (nSPS) is 13.6. The second kappa shape index (κ2) is 7.84. The molecule has 0 atom stereocenters. The Labute approximate surface area is 162 Å². The second-order valence-corrected chi connectivity index (χ2v) is 7.38. The molecule has 132 valence electrons. The molecule has 1 amide bonds. The Morgan fingerprint density at radius 3 is 2.56 bits per heavy atom. The number of nitrogens with one attached hydrogen (secondary N) is 2.